The van der Waals surface area contributed by atoms with Crippen molar-refractivity contribution in [2.24, 2.45) is 5.73 Å². The molecule has 1 unspecified atom stereocenters. The van der Waals surface area contributed by atoms with E-state index in [1.54, 1.807) is 12.3 Å². The first-order valence-electron chi connectivity index (χ1n) is 7.62. The van der Waals surface area contributed by atoms with Gasteiger partial charge in [-0.15, -0.1) is 0 Å². The third-order valence-electron chi connectivity index (χ3n) is 4.55. The van der Waals surface area contributed by atoms with Gasteiger partial charge in [0.1, 0.15) is 0 Å². The van der Waals surface area contributed by atoms with Crippen molar-refractivity contribution in [2.75, 3.05) is 20.1 Å². The normalized spacial score (nSPS) is 23.8. The van der Waals surface area contributed by atoms with Crippen molar-refractivity contribution < 1.29 is 8.42 Å². The predicted octanol–water partition coefficient (Wildman–Crippen LogP) is 0.654. The van der Waals surface area contributed by atoms with E-state index in [1.807, 2.05) is 11.6 Å². The van der Waals surface area contributed by atoms with Crippen LogP contribution in [0, 0.1) is 0 Å². The van der Waals surface area contributed by atoms with E-state index in [4.69, 9.17) is 5.73 Å². The Balaban J connectivity index is 1.72. The standard InChI is InChI=1S/C14H24N4O2S/c1-17-6-2-3-12(17)9-16-21(19,20)14-7-13(8-15)18(10-14)11-4-5-11/h7,10-12,16H,2-6,8-9,15H2,1H3. The molecule has 21 heavy (non-hydrogen) atoms. The average Bonchev–Trinajstić information content (AvgIpc) is 3.06. The maximum absolute atomic E-state index is 12.4. The molecule has 0 radical (unpaired) electrons. The maximum atomic E-state index is 12.4. The molecule has 1 saturated heterocycles. The highest BCUT2D eigenvalue weighted by molar-refractivity contribution is 7.89. The number of rotatable bonds is 6. The SMILES string of the molecule is CN1CCCC1CNS(=O)(=O)c1cc(CN)n(C2CC2)c1. The Morgan fingerprint density at radius 3 is 2.71 bits per heavy atom. The average molecular weight is 312 g/mol. The number of likely N-dealkylation sites (tertiary alicyclic amines) is 1. The van der Waals surface area contributed by atoms with E-state index < -0.39 is 10.0 Å². The number of hydrogen-bond donors (Lipinski definition) is 2. The molecule has 7 heteroatoms. The first kappa shape index (κ1) is 15.0. The molecule has 2 aliphatic rings. The highest BCUT2D eigenvalue weighted by atomic mass is 32.2. The summed E-state index contributed by atoms with van der Waals surface area (Å²) in [7, 11) is -1.40. The van der Waals surface area contributed by atoms with Gasteiger partial charge in [-0.2, -0.15) is 0 Å². The lowest BCUT2D eigenvalue weighted by atomic mass is 10.2. The van der Waals surface area contributed by atoms with E-state index in [9.17, 15) is 8.42 Å². The Morgan fingerprint density at radius 2 is 2.14 bits per heavy atom. The summed E-state index contributed by atoms with van der Waals surface area (Å²) in [6, 6.07) is 2.45. The predicted molar refractivity (Wildman–Crippen MR) is 81.4 cm³/mol. The molecule has 1 aliphatic heterocycles. The van der Waals surface area contributed by atoms with Gasteiger partial charge in [0.15, 0.2) is 0 Å². The van der Waals surface area contributed by atoms with Gasteiger partial charge in [0.2, 0.25) is 10.0 Å². The van der Waals surface area contributed by atoms with E-state index >= 15 is 0 Å². The monoisotopic (exact) mass is 312 g/mol. The van der Waals surface area contributed by atoms with Crippen molar-refractivity contribution in [1.29, 1.82) is 0 Å². The van der Waals surface area contributed by atoms with Crippen LogP contribution in [0.2, 0.25) is 0 Å². The lowest BCUT2D eigenvalue weighted by molar-refractivity contribution is 0.311. The third-order valence-corrected chi connectivity index (χ3v) is 5.94. The summed E-state index contributed by atoms with van der Waals surface area (Å²) in [5, 5.41) is 0. The van der Waals surface area contributed by atoms with E-state index in [1.165, 1.54) is 0 Å². The molecule has 1 aliphatic carbocycles. The van der Waals surface area contributed by atoms with E-state index in [2.05, 4.69) is 9.62 Å². The Labute approximate surface area is 126 Å². The summed E-state index contributed by atoms with van der Waals surface area (Å²) in [4.78, 5) is 2.55. The summed E-state index contributed by atoms with van der Waals surface area (Å²) in [5.74, 6) is 0. The number of aromatic nitrogens is 1. The molecule has 2 heterocycles. The van der Waals surface area contributed by atoms with E-state index in [0.717, 1.165) is 37.9 Å². The van der Waals surface area contributed by atoms with Gasteiger partial charge in [0, 0.05) is 37.1 Å². The second-order valence-corrected chi connectivity index (χ2v) is 7.91. The van der Waals surface area contributed by atoms with Crippen LogP contribution in [0.25, 0.3) is 0 Å². The van der Waals surface area contributed by atoms with Crippen LogP contribution in [0.1, 0.15) is 37.4 Å². The zero-order valence-electron chi connectivity index (χ0n) is 12.5. The van der Waals surface area contributed by atoms with Crippen LogP contribution in [0.3, 0.4) is 0 Å². The molecule has 1 aromatic heterocycles. The van der Waals surface area contributed by atoms with Crippen molar-refractivity contribution in [3.8, 4) is 0 Å². The lowest BCUT2D eigenvalue weighted by Crippen LogP contribution is -2.38. The minimum Gasteiger partial charge on any atom is -0.346 e. The molecule has 0 spiro atoms. The lowest BCUT2D eigenvalue weighted by Gasteiger charge is -2.19. The zero-order chi connectivity index (χ0) is 15.0. The molecule has 0 amide bonds. The largest absolute Gasteiger partial charge is 0.346 e. The summed E-state index contributed by atoms with van der Waals surface area (Å²) in [6.45, 7) is 1.89. The van der Waals surface area contributed by atoms with Crippen LogP contribution < -0.4 is 10.5 Å². The fraction of sp³-hybridized carbons (Fsp3) is 0.714. The van der Waals surface area contributed by atoms with Crippen molar-refractivity contribution in [2.45, 2.75) is 49.2 Å². The molecule has 1 atom stereocenters. The number of nitrogens with zero attached hydrogens (tertiary/aromatic N) is 2. The molecule has 2 fully saturated rings. The van der Waals surface area contributed by atoms with Gasteiger partial charge in [-0.25, -0.2) is 13.1 Å². The summed E-state index contributed by atoms with van der Waals surface area (Å²) in [5.41, 5.74) is 6.62. The Morgan fingerprint density at radius 1 is 1.38 bits per heavy atom. The molecule has 1 saturated carbocycles. The van der Waals surface area contributed by atoms with Gasteiger partial charge in [-0.1, -0.05) is 0 Å². The minimum atomic E-state index is -3.44. The van der Waals surface area contributed by atoms with Crippen LogP contribution in [0.4, 0.5) is 0 Å². The van der Waals surface area contributed by atoms with Crippen molar-refractivity contribution in [1.82, 2.24) is 14.2 Å². The molecule has 0 bridgehead atoms. The zero-order valence-corrected chi connectivity index (χ0v) is 13.3. The molecule has 6 nitrogen and oxygen atoms in total. The second-order valence-electron chi connectivity index (χ2n) is 6.14. The smallest absolute Gasteiger partial charge is 0.242 e. The van der Waals surface area contributed by atoms with E-state index in [-0.39, 0.29) is 0 Å². The third kappa shape index (κ3) is 3.15. The number of likely N-dealkylation sites (N-methyl/N-ethyl adjacent to an activating group) is 1. The van der Waals surface area contributed by atoms with Crippen LogP contribution >= 0.6 is 0 Å². The Bertz CT molecular complexity index is 606. The topological polar surface area (TPSA) is 80.4 Å². The quantitative estimate of drug-likeness (QED) is 0.808. The molecule has 3 N–H and O–H groups in total. The fourth-order valence-electron chi connectivity index (χ4n) is 3.03. The first-order valence-corrected chi connectivity index (χ1v) is 9.10. The molecule has 1 aromatic rings. The van der Waals surface area contributed by atoms with Gasteiger partial charge in [0.05, 0.1) is 4.90 Å². The highest BCUT2D eigenvalue weighted by Gasteiger charge is 2.29. The number of nitrogens with two attached hydrogens (primary N) is 1. The Kier molecular flexibility index (Phi) is 4.09. The highest BCUT2D eigenvalue weighted by Crippen LogP contribution is 2.37. The molecular formula is C14H24N4O2S. The van der Waals surface area contributed by atoms with Crippen molar-refractivity contribution in [3.63, 3.8) is 0 Å². The summed E-state index contributed by atoms with van der Waals surface area (Å²) in [6.07, 6.45) is 6.15. The number of nitrogens with one attached hydrogen (secondary N) is 1. The van der Waals surface area contributed by atoms with Gasteiger partial charge in [0.25, 0.3) is 0 Å². The van der Waals surface area contributed by atoms with Crippen LogP contribution in [-0.4, -0.2) is 44.1 Å². The fourth-order valence-corrected chi connectivity index (χ4v) is 4.15. The molecule has 118 valence electrons. The van der Waals surface area contributed by atoms with Gasteiger partial charge < -0.3 is 15.2 Å². The van der Waals surface area contributed by atoms with Crippen LogP contribution in [0.5, 0.6) is 0 Å². The maximum Gasteiger partial charge on any atom is 0.242 e. The first-order chi connectivity index (χ1) is 10.0. The van der Waals surface area contributed by atoms with Crippen LogP contribution in [0.15, 0.2) is 17.2 Å². The Hall–Kier alpha value is -0.890. The number of sulfonamides is 1. The summed E-state index contributed by atoms with van der Waals surface area (Å²) >= 11 is 0. The second kappa shape index (κ2) is 5.72. The van der Waals surface area contributed by atoms with Gasteiger partial charge in [-0.3, -0.25) is 0 Å². The molecule has 3 rings (SSSR count). The van der Waals surface area contributed by atoms with Gasteiger partial charge in [-0.05, 0) is 45.3 Å². The molecule has 0 aromatic carbocycles. The minimum absolute atomic E-state index is 0.305. The van der Waals surface area contributed by atoms with Crippen molar-refractivity contribution >= 4 is 10.0 Å². The van der Waals surface area contributed by atoms with Crippen LogP contribution in [-0.2, 0) is 16.6 Å². The molecular weight excluding hydrogens is 288 g/mol. The van der Waals surface area contributed by atoms with Gasteiger partial charge >= 0.3 is 0 Å². The van der Waals surface area contributed by atoms with E-state index in [0.29, 0.717) is 30.1 Å². The summed E-state index contributed by atoms with van der Waals surface area (Å²) < 4.78 is 29.6. The number of hydrogen-bond acceptors (Lipinski definition) is 4. The van der Waals surface area contributed by atoms with Crippen molar-refractivity contribution in [3.05, 3.63) is 18.0 Å².